The van der Waals surface area contributed by atoms with Gasteiger partial charge < -0.3 is 10.1 Å². The second-order valence-corrected chi connectivity index (χ2v) is 5.39. The fraction of sp³-hybridized carbons (Fsp3) is 0.500. The van der Waals surface area contributed by atoms with Crippen molar-refractivity contribution in [3.05, 3.63) is 24.3 Å². The molecule has 0 saturated heterocycles. The van der Waals surface area contributed by atoms with Crippen molar-refractivity contribution in [3.8, 4) is 17.1 Å². The zero-order valence-electron chi connectivity index (χ0n) is 13.8. The summed E-state index contributed by atoms with van der Waals surface area (Å²) < 4.78 is 5.54. The molecule has 0 spiro atoms. The Labute approximate surface area is 136 Å². The Bertz CT molecular complexity index is 624. The number of carbonyl (C=O) groups is 1. The fourth-order valence-corrected chi connectivity index (χ4v) is 1.90. The minimum Gasteiger partial charge on any atom is -0.494 e. The van der Waals surface area contributed by atoms with Crippen molar-refractivity contribution >= 4 is 5.91 Å². The van der Waals surface area contributed by atoms with Crippen molar-refractivity contribution in [2.24, 2.45) is 0 Å². The van der Waals surface area contributed by atoms with Crippen molar-refractivity contribution in [3.63, 3.8) is 0 Å². The minimum absolute atomic E-state index is 0.0645. The average Bonchev–Trinajstić information content (AvgIpc) is 3.01. The smallest absolute Gasteiger partial charge is 0.243 e. The molecule has 0 radical (unpaired) electrons. The molecular formula is C16H23N5O2. The van der Waals surface area contributed by atoms with Gasteiger partial charge in [-0.3, -0.25) is 4.79 Å². The third-order valence-corrected chi connectivity index (χ3v) is 3.34. The molecule has 1 amide bonds. The molecule has 0 bridgehead atoms. The lowest BCUT2D eigenvalue weighted by atomic mass is 10.2. The first-order chi connectivity index (χ1) is 11.1. The van der Waals surface area contributed by atoms with Crippen molar-refractivity contribution < 1.29 is 9.53 Å². The third-order valence-electron chi connectivity index (χ3n) is 3.34. The van der Waals surface area contributed by atoms with Gasteiger partial charge in [0.1, 0.15) is 12.3 Å². The average molecular weight is 317 g/mol. The fourth-order valence-electron chi connectivity index (χ4n) is 1.90. The molecule has 0 unspecified atom stereocenters. The van der Waals surface area contributed by atoms with E-state index >= 15 is 0 Å². The second kappa shape index (κ2) is 8.26. The summed E-state index contributed by atoms with van der Waals surface area (Å²) in [6.45, 7) is 6.80. The predicted molar refractivity (Wildman–Crippen MR) is 86.9 cm³/mol. The number of tetrazole rings is 1. The lowest BCUT2D eigenvalue weighted by Crippen LogP contribution is -2.35. The highest BCUT2D eigenvalue weighted by atomic mass is 16.5. The largest absolute Gasteiger partial charge is 0.494 e. The lowest BCUT2D eigenvalue weighted by Gasteiger charge is -2.10. The van der Waals surface area contributed by atoms with Crippen LogP contribution in [0.15, 0.2) is 24.3 Å². The summed E-state index contributed by atoms with van der Waals surface area (Å²) in [5, 5.41) is 15.0. The molecule has 2 aromatic rings. The number of nitrogens with zero attached hydrogens (tertiary/aromatic N) is 4. The Hall–Kier alpha value is -2.44. The standard InChI is InChI=1S/C16H23N5O2/c1-4-10-23-14-8-6-13(7-9-14)16-18-20-21(19-16)11-15(22)17-12(3)5-2/h6-9,12H,4-5,10-11H2,1-3H3,(H,17,22)/t12-/m0/s1. The molecule has 23 heavy (non-hydrogen) atoms. The van der Waals surface area contributed by atoms with E-state index < -0.39 is 0 Å². The van der Waals surface area contributed by atoms with Crippen molar-refractivity contribution in [1.29, 1.82) is 0 Å². The maximum absolute atomic E-state index is 11.8. The van der Waals surface area contributed by atoms with Crippen LogP contribution in [0.3, 0.4) is 0 Å². The Morgan fingerprint density at radius 2 is 2.04 bits per heavy atom. The molecule has 7 heteroatoms. The Balaban J connectivity index is 1.97. The van der Waals surface area contributed by atoms with Gasteiger partial charge in [0.2, 0.25) is 11.7 Å². The summed E-state index contributed by atoms with van der Waals surface area (Å²) in [7, 11) is 0. The summed E-state index contributed by atoms with van der Waals surface area (Å²) in [5.74, 6) is 1.19. The summed E-state index contributed by atoms with van der Waals surface area (Å²) in [5.41, 5.74) is 0.836. The number of ether oxygens (including phenoxy) is 1. The lowest BCUT2D eigenvalue weighted by molar-refractivity contribution is -0.122. The van der Waals surface area contributed by atoms with Gasteiger partial charge in [-0.25, -0.2) is 0 Å². The molecule has 1 aromatic carbocycles. The topological polar surface area (TPSA) is 81.9 Å². The molecule has 1 heterocycles. The van der Waals surface area contributed by atoms with Gasteiger partial charge >= 0.3 is 0 Å². The van der Waals surface area contributed by atoms with E-state index in [9.17, 15) is 4.79 Å². The van der Waals surface area contributed by atoms with Gasteiger partial charge in [-0.1, -0.05) is 13.8 Å². The van der Waals surface area contributed by atoms with Crippen molar-refractivity contribution in [1.82, 2.24) is 25.5 Å². The first kappa shape index (κ1) is 16.9. The zero-order valence-corrected chi connectivity index (χ0v) is 13.8. The van der Waals surface area contributed by atoms with Crippen molar-refractivity contribution in [2.45, 2.75) is 46.2 Å². The normalized spacial score (nSPS) is 12.0. The van der Waals surface area contributed by atoms with Crippen LogP contribution in [0, 0.1) is 0 Å². The van der Waals surface area contributed by atoms with Crippen molar-refractivity contribution in [2.75, 3.05) is 6.61 Å². The van der Waals surface area contributed by atoms with Crippen LogP contribution in [-0.4, -0.2) is 38.8 Å². The van der Waals surface area contributed by atoms with Crippen LogP contribution in [0.1, 0.15) is 33.6 Å². The predicted octanol–water partition coefficient (Wildman–Crippen LogP) is 2.04. The van der Waals surface area contributed by atoms with E-state index in [4.69, 9.17) is 4.74 Å². The highest BCUT2D eigenvalue weighted by molar-refractivity contribution is 5.75. The second-order valence-electron chi connectivity index (χ2n) is 5.39. The van der Waals surface area contributed by atoms with Crippen LogP contribution in [0.4, 0.5) is 0 Å². The maximum atomic E-state index is 11.8. The van der Waals surface area contributed by atoms with Gasteiger partial charge in [0, 0.05) is 11.6 Å². The number of aromatic nitrogens is 4. The van der Waals surface area contributed by atoms with Gasteiger partial charge in [0.05, 0.1) is 6.61 Å². The highest BCUT2D eigenvalue weighted by Crippen LogP contribution is 2.18. The number of nitrogens with one attached hydrogen (secondary N) is 1. The number of amides is 1. The Morgan fingerprint density at radius 1 is 1.30 bits per heavy atom. The Morgan fingerprint density at radius 3 is 2.70 bits per heavy atom. The van der Waals surface area contributed by atoms with Crippen LogP contribution in [0.2, 0.25) is 0 Å². The third kappa shape index (κ3) is 5.05. The molecule has 0 fully saturated rings. The molecule has 7 nitrogen and oxygen atoms in total. The minimum atomic E-state index is -0.119. The van der Waals surface area contributed by atoms with E-state index in [0.29, 0.717) is 12.4 Å². The number of hydrogen-bond donors (Lipinski definition) is 1. The number of carbonyl (C=O) groups excluding carboxylic acids is 1. The van der Waals surface area contributed by atoms with Gasteiger partial charge in [-0.15, -0.1) is 10.2 Å². The number of benzene rings is 1. The molecular weight excluding hydrogens is 294 g/mol. The molecule has 1 atom stereocenters. The van der Waals surface area contributed by atoms with E-state index in [-0.39, 0.29) is 18.5 Å². The van der Waals surface area contributed by atoms with Crippen LogP contribution in [-0.2, 0) is 11.3 Å². The monoisotopic (exact) mass is 317 g/mol. The van der Waals surface area contributed by atoms with Gasteiger partial charge in [-0.05, 0) is 49.2 Å². The summed E-state index contributed by atoms with van der Waals surface area (Å²) in [6, 6.07) is 7.65. The first-order valence-corrected chi connectivity index (χ1v) is 7.92. The number of rotatable bonds is 8. The van der Waals surface area contributed by atoms with Crippen LogP contribution in [0.25, 0.3) is 11.4 Å². The van der Waals surface area contributed by atoms with E-state index in [1.807, 2.05) is 38.1 Å². The Kier molecular flexibility index (Phi) is 6.08. The van der Waals surface area contributed by atoms with Crippen LogP contribution >= 0.6 is 0 Å². The van der Waals surface area contributed by atoms with E-state index in [1.54, 1.807) is 0 Å². The molecule has 2 rings (SSSR count). The van der Waals surface area contributed by atoms with Crippen LogP contribution < -0.4 is 10.1 Å². The van der Waals surface area contributed by atoms with E-state index in [1.165, 1.54) is 4.80 Å². The van der Waals surface area contributed by atoms with Crippen LogP contribution in [0.5, 0.6) is 5.75 Å². The van der Waals surface area contributed by atoms with E-state index in [0.717, 1.165) is 24.2 Å². The summed E-state index contributed by atoms with van der Waals surface area (Å²) >= 11 is 0. The van der Waals surface area contributed by atoms with Gasteiger partial charge in [-0.2, -0.15) is 4.80 Å². The molecule has 0 saturated carbocycles. The molecule has 1 N–H and O–H groups in total. The molecule has 0 aliphatic rings. The van der Waals surface area contributed by atoms with E-state index in [2.05, 4.69) is 27.7 Å². The van der Waals surface area contributed by atoms with Gasteiger partial charge in [0.25, 0.3) is 0 Å². The molecule has 124 valence electrons. The summed E-state index contributed by atoms with van der Waals surface area (Å²) in [6.07, 6.45) is 1.85. The molecule has 0 aliphatic carbocycles. The molecule has 1 aromatic heterocycles. The summed E-state index contributed by atoms with van der Waals surface area (Å²) in [4.78, 5) is 13.1. The zero-order chi connectivity index (χ0) is 16.7. The SMILES string of the molecule is CCCOc1ccc(-c2nnn(CC(=O)N[C@@H](C)CC)n2)cc1. The maximum Gasteiger partial charge on any atom is 0.243 e. The van der Waals surface area contributed by atoms with Gasteiger partial charge in [0.15, 0.2) is 0 Å². The molecule has 0 aliphatic heterocycles. The quantitative estimate of drug-likeness (QED) is 0.805. The first-order valence-electron chi connectivity index (χ1n) is 7.92. The highest BCUT2D eigenvalue weighted by Gasteiger charge is 2.10. The number of hydrogen-bond acceptors (Lipinski definition) is 5.